The Morgan fingerprint density at radius 3 is 2.32 bits per heavy atom. The van der Waals surface area contributed by atoms with Crippen LogP contribution in [0.4, 0.5) is 17.6 Å². The van der Waals surface area contributed by atoms with Crippen molar-refractivity contribution >= 4 is 0 Å². The zero-order chi connectivity index (χ0) is 13.9. The molecule has 0 aliphatic rings. The quantitative estimate of drug-likeness (QED) is 0.858. The summed E-state index contributed by atoms with van der Waals surface area (Å²) < 4.78 is 53.9. The minimum absolute atomic E-state index is 0.0132. The maximum Gasteiger partial charge on any atom is 0.401 e. The van der Waals surface area contributed by atoms with Crippen LogP contribution in [0.1, 0.15) is 5.76 Å². The van der Waals surface area contributed by atoms with E-state index in [1.165, 1.54) is 12.1 Å². The van der Waals surface area contributed by atoms with Crippen molar-refractivity contribution in [2.24, 2.45) is 0 Å². The van der Waals surface area contributed by atoms with Crippen LogP contribution in [0.5, 0.6) is 0 Å². The first-order chi connectivity index (χ1) is 8.94. The number of furan rings is 1. The lowest BCUT2D eigenvalue weighted by molar-refractivity contribution is -0.125. The van der Waals surface area contributed by atoms with Crippen molar-refractivity contribution in [3.05, 3.63) is 48.0 Å². The Kier molecular flexibility index (Phi) is 3.90. The van der Waals surface area contributed by atoms with Crippen molar-refractivity contribution in [3.8, 4) is 11.3 Å². The van der Waals surface area contributed by atoms with Gasteiger partial charge in [-0.2, -0.15) is 13.2 Å². The van der Waals surface area contributed by atoms with Crippen LogP contribution in [0, 0.1) is 5.82 Å². The Balaban J connectivity index is 1.97. The minimum atomic E-state index is -4.24. The second-order valence-electron chi connectivity index (χ2n) is 3.99. The van der Waals surface area contributed by atoms with Gasteiger partial charge in [-0.05, 0) is 36.4 Å². The number of benzene rings is 1. The SMILES string of the molecule is Fc1ccc(-c2ccc(CNCC(F)(F)F)o2)cc1. The van der Waals surface area contributed by atoms with E-state index in [0.29, 0.717) is 17.1 Å². The molecular formula is C13H11F4NO. The van der Waals surface area contributed by atoms with Gasteiger partial charge in [0.2, 0.25) is 0 Å². The van der Waals surface area contributed by atoms with Crippen molar-refractivity contribution in [3.63, 3.8) is 0 Å². The molecule has 0 radical (unpaired) electrons. The van der Waals surface area contributed by atoms with E-state index in [2.05, 4.69) is 5.32 Å². The Hall–Kier alpha value is -1.82. The van der Waals surface area contributed by atoms with E-state index in [4.69, 9.17) is 4.42 Å². The molecule has 102 valence electrons. The smallest absolute Gasteiger partial charge is 0.401 e. The maximum absolute atomic E-state index is 12.7. The van der Waals surface area contributed by atoms with Crippen molar-refractivity contribution in [2.45, 2.75) is 12.7 Å². The van der Waals surface area contributed by atoms with Gasteiger partial charge in [0.15, 0.2) is 0 Å². The molecule has 2 aromatic rings. The summed E-state index contributed by atoms with van der Waals surface area (Å²) in [6, 6.07) is 8.89. The third-order valence-electron chi connectivity index (χ3n) is 2.42. The van der Waals surface area contributed by atoms with Crippen molar-refractivity contribution in [2.75, 3.05) is 6.54 Å². The zero-order valence-electron chi connectivity index (χ0n) is 9.80. The summed E-state index contributed by atoms with van der Waals surface area (Å²) in [6.45, 7) is -1.08. The van der Waals surface area contributed by atoms with Crippen LogP contribution in [0.3, 0.4) is 0 Å². The van der Waals surface area contributed by atoms with Gasteiger partial charge in [-0.15, -0.1) is 0 Å². The number of alkyl halides is 3. The summed E-state index contributed by atoms with van der Waals surface area (Å²) in [5, 5.41) is 2.24. The van der Waals surface area contributed by atoms with Gasteiger partial charge in [-0.1, -0.05) is 0 Å². The first-order valence-electron chi connectivity index (χ1n) is 5.56. The molecule has 0 fully saturated rings. The summed E-state index contributed by atoms with van der Waals surface area (Å²) in [5.74, 6) is 0.523. The number of halogens is 4. The van der Waals surface area contributed by atoms with Crippen molar-refractivity contribution < 1.29 is 22.0 Å². The van der Waals surface area contributed by atoms with E-state index in [-0.39, 0.29) is 12.4 Å². The molecular weight excluding hydrogens is 262 g/mol. The predicted molar refractivity (Wildman–Crippen MR) is 61.9 cm³/mol. The van der Waals surface area contributed by atoms with E-state index < -0.39 is 12.7 Å². The van der Waals surface area contributed by atoms with Gasteiger partial charge in [0.05, 0.1) is 13.1 Å². The molecule has 1 heterocycles. The summed E-state index contributed by atoms with van der Waals surface area (Å²) in [4.78, 5) is 0. The third-order valence-corrected chi connectivity index (χ3v) is 2.42. The van der Waals surface area contributed by atoms with Crippen molar-refractivity contribution in [1.82, 2.24) is 5.32 Å². The predicted octanol–water partition coefficient (Wildman–Crippen LogP) is 3.74. The molecule has 0 unspecified atom stereocenters. The Morgan fingerprint density at radius 2 is 1.68 bits per heavy atom. The van der Waals surface area contributed by atoms with E-state index in [9.17, 15) is 17.6 Å². The second-order valence-corrected chi connectivity index (χ2v) is 3.99. The highest BCUT2D eigenvalue weighted by atomic mass is 19.4. The molecule has 1 aromatic heterocycles. The summed E-state index contributed by atoms with van der Waals surface area (Å²) in [5.41, 5.74) is 0.670. The maximum atomic E-state index is 12.7. The largest absolute Gasteiger partial charge is 0.460 e. The first kappa shape index (κ1) is 13.6. The van der Waals surface area contributed by atoms with Gasteiger partial charge in [-0.25, -0.2) is 4.39 Å². The number of nitrogens with one attached hydrogen (secondary N) is 1. The molecule has 6 heteroatoms. The fourth-order valence-electron chi connectivity index (χ4n) is 1.57. The lowest BCUT2D eigenvalue weighted by Gasteiger charge is -2.06. The standard InChI is InChI=1S/C13H11F4NO/c14-10-3-1-9(2-4-10)12-6-5-11(19-12)7-18-8-13(15,16)17/h1-6,18H,7-8H2. The van der Waals surface area contributed by atoms with Crippen LogP contribution in [0.2, 0.25) is 0 Å². The van der Waals surface area contributed by atoms with Crippen LogP contribution < -0.4 is 5.32 Å². The molecule has 0 spiro atoms. The van der Waals surface area contributed by atoms with E-state index in [1.54, 1.807) is 24.3 Å². The van der Waals surface area contributed by atoms with Crippen LogP contribution in [-0.4, -0.2) is 12.7 Å². The molecule has 0 aliphatic carbocycles. The van der Waals surface area contributed by atoms with E-state index in [1.807, 2.05) is 0 Å². The molecule has 2 nitrogen and oxygen atoms in total. The van der Waals surface area contributed by atoms with Crippen LogP contribution in [-0.2, 0) is 6.54 Å². The Morgan fingerprint density at radius 1 is 1.00 bits per heavy atom. The third kappa shape index (κ3) is 4.10. The molecule has 0 bridgehead atoms. The Bertz CT molecular complexity index is 530. The van der Waals surface area contributed by atoms with Gasteiger partial charge in [-0.3, -0.25) is 0 Å². The van der Waals surface area contributed by atoms with E-state index >= 15 is 0 Å². The fraction of sp³-hybridized carbons (Fsp3) is 0.231. The average molecular weight is 273 g/mol. The van der Waals surface area contributed by atoms with Crippen LogP contribution in [0.15, 0.2) is 40.8 Å². The molecule has 1 aromatic carbocycles. The van der Waals surface area contributed by atoms with E-state index in [0.717, 1.165) is 0 Å². The molecule has 0 aliphatic heterocycles. The molecule has 0 saturated carbocycles. The van der Waals surface area contributed by atoms with Gasteiger partial charge < -0.3 is 9.73 Å². The normalized spacial score (nSPS) is 11.8. The molecule has 0 atom stereocenters. The molecule has 19 heavy (non-hydrogen) atoms. The lowest BCUT2D eigenvalue weighted by atomic mass is 10.2. The highest BCUT2D eigenvalue weighted by Gasteiger charge is 2.26. The van der Waals surface area contributed by atoms with Crippen LogP contribution >= 0.6 is 0 Å². The summed E-state index contributed by atoms with van der Waals surface area (Å²) in [7, 11) is 0. The van der Waals surface area contributed by atoms with Gasteiger partial charge in [0.25, 0.3) is 0 Å². The van der Waals surface area contributed by atoms with Crippen LogP contribution in [0.25, 0.3) is 11.3 Å². The molecule has 0 saturated heterocycles. The first-order valence-corrected chi connectivity index (χ1v) is 5.56. The molecule has 0 amide bonds. The number of hydrogen-bond donors (Lipinski definition) is 1. The topological polar surface area (TPSA) is 25.2 Å². The summed E-state index contributed by atoms with van der Waals surface area (Å²) >= 11 is 0. The minimum Gasteiger partial charge on any atom is -0.460 e. The van der Waals surface area contributed by atoms with Gasteiger partial charge in [0.1, 0.15) is 17.3 Å². The highest BCUT2D eigenvalue weighted by Crippen LogP contribution is 2.22. The summed E-state index contributed by atoms with van der Waals surface area (Å²) in [6.07, 6.45) is -4.24. The Labute approximate surface area is 107 Å². The fourth-order valence-corrected chi connectivity index (χ4v) is 1.57. The van der Waals surface area contributed by atoms with Gasteiger partial charge in [0, 0.05) is 5.56 Å². The zero-order valence-corrected chi connectivity index (χ0v) is 9.80. The monoisotopic (exact) mass is 273 g/mol. The number of hydrogen-bond acceptors (Lipinski definition) is 2. The lowest BCUT2D eigenvalue weighted by Crippen LogP contribution is -2.28. The second kappa shape index (κ2) is 5.44. The average Bonchev–Trinajstić information content (AvgIpc) is 2.77. The number of rotatable bonds is 4. The molecule has 1 N–H and O–H groups in total. The van der Waals surface area contributed by atoms with Crippen molar-refractivity contribution in [1.29, 1.82) is 0 Å². The highest BCUT2D eigenvalue weighted by molar-refractivity contribution is 5.57. The van der Waals surface area contributed by atoms with Gasteiger partial charge >= 0.3 is 6.18 Å². The molecule has 2 rings (SSSR count).